The summed E-state index contributed by atoms with van der Waals surface area (Å²) < 4.78 is 5.33. The summed E-state index contributed by atoms with van der Waals surface area (Å²) in [6.07, 6.45) is 0. The van der Waals surface area contributed by atoms with Crippen molar-refractivity contribution < 1.29 is 9.84 Å². The van der Waals surface area contributed by atoms with Crippen LogP contribution in [-0.4, -0.2) is 25.4 Å². The van der Waals surface area contributed by atoms with Crippen molar-refractivity contribution >= 4 is 5.69 Å². The SMILES string of the molecule is COc1c(C)cc(NCC(C)(C)CO)cc1C. The molecule has 0 fully saturated rings. The van der Waals surface area contributed by atoms with E-state index >= 15 is 0 Å². The Morgan fingerprint density at radius 1 is 1.24 bits per heavy atom. The first kappa shape index (κ1) is 13.8. The standard InChI is InChI=1S/C14H23NO2/c1-10-6-12(7-11(2)13(10)17-5)15-8-14(3,4)9-16/h6-7,15-16H,8-9H2,1-5H3. The second kappa shape index (κ2) is 5.41. The fraction of sp³-hybridized carbons (Fsp3) is 0.571. The number of aliphatic hydroxyl groups is 1. The van der Waals surface area contributed by atoms with E-state index in [4.69, 9.17) is 4.74 Å². The van der Waals surface area contributed by atoms with Crippen LogP contribution in [0.5, 0.6) is 5.75 Å². The maximum Gasteiger partial charge on any atom is 0.124 e. The zero-order chi connectivity index (χ0) is 13.1. The van der Waals surface area contributed by atoms with Crippen molar-refractivity contribution in [1.82, 2.24) is 0 Å². The van der Waals surface area contributed by atoms with E-state index in [0.717, 1.165) is 29.1 Å². The highest BCUT2D eigenvalue weighted by molar-refractivity contribution is 5.55. The number of aliphatic hydroxyl groups excluding tert-OH is 1. The fourth-order valence-corrected chi connectivity index (χ4v) is 1.77. The Hall–Kier alpha value is -1.22. The zero-order valence-electron chi connectivity index (χ0n) is 11.4. The van der Waals surface area contributed by atoms with Gasteiger partial charge in [0.2, 0.25) is 0 Å². The number of hydrogen-bond donors (Lipinski definition) is 2. The largest absolute Gasteiger partial charge is 0.496 e. The van der Waals surface area contributed by atoms with E-state index in [1.165, 1.54) is 0 Å². The van der Waals surface area contributed by atoms with Crippen molar-refractivity contribution in [1.29, 1.82) is 0 Å². The van der Waals surface area contributed by atoms with Crippen LogP contribution in [0, 0.1) is 19.3 Å². The molecule has 0 saturated heterocycles. The van der Waals surface area contributed by atoms with Gasteiger partial charge in [-0.15, -0.1) is 0 Å². The molecule has 0 radical (unpaired) electrons. The molecule has 1 rings (SSSR count). The van der Waals surface area contributed by atoms with Gasteiger partial charge in [0.1, 0.15) is 5.75 Å². The van der Waals surface area contributed by atoms with Crippen molar-refractivity contribution in [3.05, 3.63) is 23.3 Å². The Balaban J connectivity index is 2.80. The summed E-state index contributed by atoms with van der Waals surface area (Å²) in [7, 11) is 1.69. The lowest BCUT2D eigenvalue weighted by atomic mass is 9.95. The quantitative estimate of drug-likeness (QED) is 0.827. The predicted octanol–water partition coefficient (Wildman–Crippen LogP) is 2.74. The number of hydrogen-bond acceptors (Lipinski definition) is 3. The molecule has 0 unspecified atom stereocenters. The molecule has 0 aliphatic rings. The molecule has 0 atom stereocenters. The van der Waals surface area contributed by atoms with Crippen molar-refractivity contribution in [2.24, 2.45) is 5.41 Å². The van der Waals surface area contributed by atoms with Gasteiger partial charge in [0.05, 0.1) is 7.11 Å². The summed E-state index contributed by atoms with van der Waals surface area (Å²) in [5.41, 5.74) is 3.21. The van der Waals surface area contributed by atoms with E-state index in [-0.39, 0.29) is 12.0 Å². The van der Waals surface area contributed by atoms with E-state index < -0.39 is 0 Å². The average Bonchev–Trinajstić information content (AvgIpc) is 2.26. The number of nitrogens with one attached hydrogen (secondary N) is 1. The second-order valence-electron chi connectivity index (χ2n) is 5.32. The van der Waals surface area contributed by atoms with Crippen LogP contribution in [0.1, 0.15) is 25.0 Å². The molecular weight excluding hydrogens is 214 g/mol. The van der Waals surface area contributed by atoms with Crippen LogP contribution in [0.2, 0.25) is 0 Å². The molecule has 0 aliphatic heterocycles. The monoisotopic (exact) mass is 237 g/mol. The third-order valence-electron chi connectivity index (χ3n) is 2.86. The van der Waals surface area contributed by atoms with Crippen LogP contribution in [0.15, 0.2) is 12.1 Å². The van der Waals surface area contributed by atoms with Crippen molar-refractivity contribution in [2.45, 2.75) is 27.7 Å². The molecule has 96 valence electrons. The molecule has 0 saturated carbocycles. The normalized spacial score (nSPS) is 11.4. The first-order chi connectivity index (χ1) is 7.89. The molecular formula is C14H23NO2. The van der Waals surface area contributed by atoms with Crippen molar-refractivity contribution in [2.75, 3.05) is 25.6 Å². The fourth-order valence-electron chi connectivity index (χ4n) is 1.77. The summed E-state index contributed by atoms with van der Waals surface area (Å²) in [6, 6.07) is 4.14. The van der Waals surface area contributed by atoms with E-state index in [0.29, 0.717) is 0 Å². The molecule has 0 bridgehead atoms. The third kappa shape index (κ3) is 3.63. The van der Waals surface area contributed by atoms with E-state index in [1.54, 1.807) is 7.11 Å². The molecule has 1 aromatic carbocycles. The predicted molar refractivity (Wildman–Crippen MR) is 71.8 cm³/mol. The van der Waals surface area contributed by atoms with Gasteiger partial charge in [0.25, 0.3) is 0 Å². The minimum atomic E-state index is -0.109. The summed E-state index contributed by atoms with van der Waals surface area (Å²) in [5, 5.41) is 12.6. The third-order valence-corrected chi connectivity index (χ3v) is 2.86. The van der Waals surface area contributed by atoms with Gasteiger partial charge in [-0.05, 0) is 37.1 Å². The van der Waals surface area contributed by atoms with Crippen LogP contribution in [0.3, 0.4) is 0 Å². The Bertz CT molecular complexity index is 363. The summed E-state index contributed by atoms with van der Waals surface area (Å²) in [5.74, 6) is 0.942. The summed E-state index contributed by atoms with van der Waals surface area (Å²) in [4.78, 5) is 0. The molecule has 1 aromatic rings. The lowest BCUT2D eigenvalue weighted by Gasteiger charge is -2.23. The number of ether oxygens (including phenoxy) is 1. The Kier molecular flexibility index (Phi) is 4.40. The molecule has 0 aromatic heterocycles. The lowest BCUT2D eigenvalue weighted by Crippen LogP contribution is -2.26. The van der Waals surface area contributed by atoms with Crippen LogP contribution in [-0.2, 0) is 0 Å². The Morgan fingerprint density at radius 3 is 2.18 bits per heavy atom. The highest BCUT2D eigenvalue weighted by Crippen LogP contribution is 2.27. The molecule has 0 amide bonds. The Labute approximate surface area is 104 Å². The van der Waals surface area contributed by atoms with Crippen molar-refractivity contribution in [3.63, 3.8) is 0 Å². The Morgan fingerprint density at radius 2 is 1.76 bits per heavy atom. The topological polar surface area (TPSA) is 41.5 Å². The van der Waals surface area contributed by atoms with Gasteiger partial charge in [-0.2, -0.15) is 0 Å². The summed E-state index contributed by atoms with van der Waals surface area (Å²) >= 11 is 0. The average molecular weight is 237 g/mol. The lowest BCUT2D eigenvalue weighted by molar-refractivity contribution is 0.171. The number of benzene rings is 1. The van der Waals surface area contributed by atoms with Gasteiger partial charge in [-0.1, -0.05) is 13.8 Å². The highest BCUT2D eigenvalue weighted by Gasteiger charge is 2.16. The molecule has 17 heavy (non-hydrogen) atoms. The molecule has 3 nitrogen and oxygen atoms in total. The molecule has 0 aliphatic carbocycles. The van der Waals surface area contributed by atoms with Crippen molar-refractivity contribution in [3.8, 4) is 5.75 Å². The number of anilines is 1. The van der Waals surface area contributed by atoms with Gasteiger partial charge in [-0.3, -0.25) is 0 Å². The maximum absolute atomic E-state index is 9.20. The van der Waals surface area contributed by atoms with E-state index in [2.05, 4.69) is 17.4 Å². The van der Waals surface area contributed by atoms with Crippen LogP contribution in [0.25, 0.3) is 0 Å². The van der Waals surface area contributed by atoms with Gasteiger partial charge in [0, 0.05) is 24.3 Å². The highest BCUT2D eigenvalue weighted by atomic mass is 16.5. The molecule has 3 heteroatoms. The zero-order valence-corrected chi connectivity index (χ0v) is 11.4. The van der Waals surface area contributed by atoms with Gasteiger partial charge in [-0.25, -0.2) is 0 Å². The molecule has 0 spiro atoms. The van der Waals surface area contributed by atoms with Crippen LogP contribution >= 0.6 is 0 Å². The molecule has 0 heterocycles. The van der Waals surface area contributed by atoms with E-state index in [9.17, 15) is 5.11 Å². The van der Waals surface area contributed by atoms with Crippen LogP contribution < -0.4 is 10.1 Å². The number of aryl methyl sites for hydroxylation is 2. The smallest absolute Gasteiger partial charge is 0.124 e. The minimum absolute atomic E-state index is 0.109. The second-order valence-corrected chi connectivity index (χ2v) is 5.32. The number of rotatable bonds is 5. The first-order valence-electron chi connectivity index (χ1n) is 5.89. The summed E-state index contributed by atoms with van der Waals surface area (Å²) in [6.45, 7) is 9.05. The minimum Gasteiger partial charge on any atom is -0.496 e. The molecule has 2 N–H and O–H groups in total. The maximum atomic E-state index is 9.20. The van der Waals surface area contributed by atoms with Gasteiger partial charge < -0.3 is 15.2 Å². The van der Waals surface area contributed by atoms with Gasteiger partial charge in [0.15, 0.2) is 0 Å². The van der Waals surface area contributed by atoms with E-state index in [1.807, 2.05) is 27.7 Å². The number of methoxy groups -OCH3 is 1. The van der Waals surface area contributed by atoms with Gasteiger partial charge >= 0.3 is 0 Å². The van der Waals surface area contributed by atoms with Crippen LogP contribution in [0.4, 0.5) is 5.69 Å². The first-order valence-corrected chi connectivity index (χ1v) is 5.89.